The summed E-state index contributed by atoms with van der Waals surface area (Å²) in [5.41, 5.74) is 5.15. The Hall–Kier alpha value is -5.69. The molecular weight excluding hydrogens is 494 g/mol. The van der Waals surface area contributed by atoms with Crippen molar-refractivity contribution in [2.24, 2.45) is 0 Å². The van der Waals surface area contributed by atoms with Gasteiger partial charge in [-0.25, -0.2) is 24.9 Å². The molecule has 2 aromatic carbocycles. The molecule has 5 heterocycles. The number of aromatic nitrogens is 7. The van der Waals surface area contributed by atoms with Crippen LogP contribution in [0.2, 0.25) is 0 Å². The topological polar surface area (TPSA) is 90.2 Å². The number of fused-ring (bicyclic) bond motifs is 1. The van der Waals surface area contributed by atoms with Crippen LogP contribution in [0, 0.1) is 0 Å². The van der Waals surface area contributed by atoms with Crippen LogP contribution in [0.3, 0.4) is 0 Å². The normalized spacial score (nSPS) is 11.0. The SMILES string of the molecule is c1ccc(-c2cccc(-c3nc(-c4ccc5ccccc5c4)nc(-c4cccc(-c5ccccn5)n4)n3)n2)nc1. The van der Waals surface area contributed by atoms with Gasteiger partial charge in [-0.3, -0.25) is 9.97 Å². The van der Waals surface area contributed by atoms with Gasteiger partial charge in [0.25, 0.3) is 0 Å². The Labute approximate surface area is 230 Å². The molecule has 0 aliphatic rings. The fraction of sp³-hybridized carbons (Fsp3) is 0. The molecule has 0 saturated carbocycles. The minimum Gasteiger partial charge on any atom is -0.255 e. The lowest BCUT2D eigenvalue weighted by atomic mass is 10.1. The van der Waals surface area contributed by atoms with Crippen molar-refractivity contribution >= 4 is 10.8 Å². The van der Waals surface area contributed by atoms with Crippen molar-refractivity contribution in [1.29, 1.82) is 0 Å². The minimum atomic E-state index is 0.455. The number of hydrogen-bond acceptors (Lipinski definition) is 7. The number of nitrogens with zero attached hydrogens (tertiary/aromatic N) is 7. The molecule has 5 aromatic heterocycles. The first-order valence-corrected chi connectivity index (χ1v) is 12.8. The maximum Gasteiger partial charge on any atom is 0.182 e. The molecule has 0 aliphatic heterocycles. The third-order valence-electron chi connectivity index (χ3n) is 6.45. The average molecular weight is 516 g/mol. The molecule has 0 bridgehead atoms. The summed E-state index contributed by atoms with van der Waals surface area (Å²) in [6, 6.07) is 37.4. The Balaban J connectivity index is 1.40. The van der Waals surface area contributed by atoms with Crippen LogP contribution in [0.1, 0.15) is 0 Å². The first-order valence-electron chi connectivity index (χ1n) is 12.8. The third kappa shape index (κ3) is 4.68. The molecule has 0 fully saturated rings. The van der Waals surface area contributed by atoms with Crippen molar-refractivity contribution in [1.82, 2.24) is 34.9 Å². The van der Waals surface area contributed by atoms with Gasteiger partial charge in [-0.15, -0.1) is 0 Å². The smallest absolute Gasteiger partial charge is 0.182 e. The van der Waals surface area contributed by atoms with Crippen molar-refractivity contribution in [2.45, 2.75) is 0 Å². The lowest BCUT2D eigenvalue weighted by Gasteiger charge is -2.10. The van der Waals surface area contributed by atoms with E-state index in [1.807, 2.05) is 91.0 Å². The molecule has 0 saturated heterocycles. The van der Waals surface area contributed by atoms with E-state index in [-0.39, 0.29) is 0 Å². The van der Waals surface area contributed by atoms with Crippen LogP contribution < -0.4 is 0 Å². The highest BCUT2D eigenvalue weighted by Crippen LogP contribution is 2.27. The summed E-state index contributed by atoms with van der Waals surface area (Å²) in [7, 11) is 0. The van der Waals surface area contributed by atoms with E-state index in [2.05, 4.69) is 34.2 Å². The van der Waals surface area contributed by atoms with Crippen LogP contribution >= 0.6 is 0 Å². The summed E-state index contributed by atoms with van der Waals surface area (Å²) in [6.45, 7) is 0. The third-order valence-corrected chi connectivity index (χ3v) is 6.45. The highest BCUT2D eigenvalue weighted by Gasteiger charge is 2.16. The number of hydrogen-bond donors (Lipinski definition) is 0. The van der Waals surface area contributed by atoms with Crippen LogP contribution in [0.15, 0.2) is 128 Å². The first kappa shape index (κ1) is 23.4. The van der Waals surface area contributed by atoms with Crippen LogP contribution in [-0.4, -0.2) is 34.9 Å². The van der Waals surface area contributed by atoms with Crippen molar-refractivity contribution in [3.63, 3.8) is 0 Å². The maximum absolute atomic E-state index is 4.88. The maximum atomic E-state index is 4.88. The highest BCUT2D eigenvalue weighted by molar-refractivity contribution is 5.86. The van der Waals surface area contributed by atoms with Crippen molar-refractivity contribution in [3.05, 3.63) is 128 Å². The van der Waals surface area contributed by atoms with Gasteiger partial charge in [-0.1, -0.05) is 60.7 Å². The number of benzene rings is 2. The molecule has 0 atom stereocenters. The van der Waals surface area contributed by atoms with Crippen LogP contribution in [0.5, 0.6) is 0 Å². The van der Waals surface area contributed by atoms with Crippen LogP contribution in [0.4, 0.5) is 0 Å². The molecule has 7 nitrogen and oxygen atoms in total. The summed E-state index contributed by atoms with van der Waals surface area (Å²) in [5, 5.41) is 2.25. The quantitative estimate of drug-likeness (QED) is 0.245. The van der Waals surface area contributed by atoms with E-state index in [9.17, 15) is 0 Å². The fourth-order valence-electron chi connectivity index (χ4n) is 4.49. The van der Waals surface area contributed by atoms with Crippen molar-refractivity contribution in [2.75, 3.05) is 0 Å². The Morgan fingerprint density at radius 3 is 1.40 bits per heavy atom. The predicted molar refractivity (Wildman–Crippen MR) is 156 cm³/mol. The summed E-state index contributed by atoms with van der Waals surface area (Å²) in [6.07, 6.45) is 3.51. The number of rotatable bonds is 5. The molecule has 0 amide bonds. The molecule has 0 spiro atoms. The zero-order chi connectivity index (χ0) is 26.7. The van der Waals surface area contributed by atoms with Gasteiger partial charge < -0.3 is 0 Å². The molecule has 0 radical (unpaired) electrons. The molecule has 0 aliphatic carbocycles. The lowest BCUT2D eigenvalue weighted by Crippen LogP contribution is -2.03. The summed E-state index contributed by atoms with van der Waals surface area (Å²) in [5.74, 6) is 1.45. The van der Waals surface area contributed by atoms with E-state index in [4.69, 9.17) is 24.9 Å². The Bertz CT molecular complexity index is 1860. The zero-order valence-electron chi connectivity index (χ0n) is 21.3. The standard InChI is InChI=1S/C33H21N7/c1-2-10-23-21-24(18-17-22(23)9-1)31-38-32(29-15-7-13-27(36-29)25-11-3-5-19-34-25)40-33(39-31)30-16-8-14-28(37-30)26-12-4-6-20-35-26/h1-21H. The van der Waals surface area contributed by atoms with Gasteiger partial charge >= 0.3 is 0 Å². The van der Waals surface area contributed by atoms with Gasteiger partial charge in [0.2, 0.25) is 0 Å². The molecule has 7 heteroatoms. The Kier molecular flexibility index (Phi) is 5.99. The Morgan fingerprint density at radius 2 is 0.825 bits per heavy atom. The Morgan fingerprint density at radius 1 is 0.325 bits per heavy atom. The molecular formula is C33H21N7. The second-order valence-electron chi connectivity index (χ2n) is 9.11. The largest absolute Gasteiger partial charge is 0.255 e. The lowest BCUT2D eigenvalue weighted by molar-refractivity contribution is 1.05. The second kappa shape index (κ2) is 10.2. The van der Waals surface area contributed by atoms with Crippen molar-refractivity contribution < 1.29 is 0 Å². The molecule has 7 aromatic rings. The molecule has 188 valence electrons. The summed E-state index contributed by atoms with van der Waals surface area (Å²) < 4.78 is 0. The van der Waals surface area contributed by atoms with Crippen LogP contribution in [-0.2, 0) is 0 Å². The van der Waals surface area contributed by atoms with E-state index in [1.165, 1.54) is 0 Å². The van der Waals surface area contributed by atoms with Gasteiger partial charge in [0.05, 0.1) is 22.8 Å². The molecule has 7 rings (SSSR count). The van der Waals surface area contributed by atoms with Gasteiger partial charge in [0.15, 0.2) is 17.5 Å². The highest BCUT2D eigenvalue weighted by atomic mass is 15.1. The van der Waals surface area contributed by atoms with Crippen molar-refractivity contribution in [3.8, 4) is 57.2 Å². The van der Waals surface area contributed by atoms with E-state index in [1.54, 1.807) is 12.4 Å². The molecule has 0 N–H and O–H groups in total. The van der Waals surface area contributed by atoms with E-state index in [0.717, 1.165) is 39.1 Å². The monoisotopic (exact) mass is 515 g/mol. The fourth-order valence-corrected chi connectivity index (χ4v) is 4.49. The van der Waals surface area contributed by atoms with Crippen LogP contribution in [0.25, 0.3) is 68.0 Å². The average Bonchev–Trinajstić information content (AvgIpc) is 3.05. The summed E-state index contributed by atoms with van der Waals surface area (Å²) >= 11 is 0. The second-order valence-corrected chi connectivity index (χ2v) is 9.11. The predicted octanol–water partition coefficient (Wildman–Crippen LogP) is 6.94. The van der Waals surface area contributed by atoms with Gasteiger partial charge in [-0.2, -0.15) is 0 Å². The molecule has 0 unspecified atom stereocenters. The number of pyridine rings is 4. The van der Waals surface area contributed by atoms with Gasteiger partial charge in [0, 0.05) is 18.0 Å². The van der Waals surface area contributed by atoms with Gasteiger partial charge in [0.1, 0.15) is 11.4 Å². The van der Waals surface area contributed by atoms with Gasteiger partial charge in [-0.05, 0) is 65.4 Å². The zero-order valence-corrected chi connectivity index (χ0v) is 21.3. The van der Waals surface area contributed by atoms with E-state index in [0.29, 0.717) is 28.9 Å². The minimum absolute atomic E-state index is 0.455. The van der Waals surface area contributed by atoms with E-state index < -0.39 is 0 Å². The first-order chi connectivity index (χ1) is 19.8. The molecule has 40 heavy (non-hydrogen) atoms. The van der Waals surface area contributed by atoms with E-state index >= 15 is 0 Å². The summed E-state index contributed by atoms with van der Waals surface area (Å²) in [4.78, 5) is 33.2.